The van der Waals surface area contributed by atoms with Gasteiger partial charge in [-0.2, -0.15) is 0 Å². The van der Waals surface area contributed by atoms with Crippen molar-refractivity contribution in [2.75, 3.05) is 12.4 Å². The van der Waals surface area contributed by atoms with Crippen LogP contribution in [0.3, 0.4) is 0 Å². The Hall–Kier alpha value is -2.80. The number of pyridine rings is 1. The Morgan fingerprint density at radius 1 is 1.12 bits per heavy atom. The second-order valence-corrected chi connectivity index (χ2v) is 6.02. The van der Waals surface area contributed by atoms with Crippen LogP contribution < -0.4 is 10.1 Å². The van der Waals surface area contributed by atoms with Crippen LogP contribution >= 0.6 is 11.3 Å². The van der Waals surface area contributed by atoms with Gasteiger partial charge in [-0.25, -0.2) is 0 Å². The number of aryl methyl sites for hydroxylation is 1. The molecule has 0 bridgehead atoms. The van der Waals surface area contributed by atoms with E-state index in [0.717, 1.165) is 21.9 Å². The first-order valence-corrected chi connectivity index (χ1v) is 8.23. The van der Waals surface area contributed by atoms with Gasteiger partial charge in [0, 0.05) is 24.4 Å². The first-order valence-electron chi connectivity index (χ1n) is 7.41. The number of carbonyl (C=O) groups excluding carboxylic acids is 1. The number of benzene rings is 1. The Morgan fingerprint density at radius 3 is 2.58 bits per heavy atom. The third kappa shape index (κ3) is 4.14. The van der Waals surface area contributed by atoms with E-state index < -0.39 is 0 Å². The summed E-state index contributed by atoms with van der Waals surface area (Å²) in [5, 5.41) is 12.1. The van der Waals surface area contributed by atoms with Crippen molar-refractivity contribution in [3.8, 4) is 16.3 Å². The summed E-state index contributed by atoms with van der Waals surface area (Å²) >= 11 is 1.34. The zero-order valence-electron chi connectivity index (χ0n) is 13.1. The summed E-state index contributed by atoms with van der Waals surface area (Å²) in [6, 6.07) is 11.4. The maximum atomic E-state index is 12.0. The van der Waals surface area contributed by atoms with Gasteiger partial charge >= 0.3 is 0 Å². The molecule has 1 amide bonds. The maximum absolute atomic E-state index is 12.0. The molecule has 122 valence electrons. The molecular formula is C17H16N4O2S. The molecule has 2 aromatic heterocycles. The van der Waals surface area contributed by atoms with Crippen LogP contribution in [0, 0.1) is 0 Å². The van der Waals surface area contributed by atoms with E-state index in [1.54, 1.807) is 19.5 Å². The number of ether oxygens (including phenoxy) is 1. The van der Waals surface area contributed by atoms with Crippen molar-refractivity contribution in [1.82, 2.24) is 15.2 Å². The second kappa shape index (κ2) is 7.65. The minimum Gasteiger partial charge on any atom is -0.497 e. The van der Waals surface area contributed by atoms with Crippen molar-refractivity contribution in [2.45, 2.75) is 12.8 Å². The van der Waals surface area contributed by atoms with E-state index in [0.29, 0.717) is 18.0 Å². The van der Waals surface area contributed by atoms with E-state index in [9.17, 15) is 4.79 Å². The van der Waals surface area contributed by atoms with Gasteiger partial charge in [0.15, 0.2) is 0 Å². The first-order chi connectivity index (χ1) is 11.7. The molecule has 0 fully saturated rings. The molecule has 0 aliphatic heterocycles. The number of hydrogen-bond donors (Lipinski definition) is 1. The number of anilines is 1. The molecule has 0 atom stereocenters. The van der Waals surface area contributed by atoms with Crippen molar-refractivity contribution in [1.29, 1.82) is 0 Å². The predicted molar refractivity (Wildman–Crippen MR) is 93.1 cm³/mol. The third-order valence-corrected chi connectivity index (χ3v) is 4.29. The lowest BCUT2D eigenvalue weighted by atomic mass is 10.1. The Labute approximate surface area is 143 Å². The largest absolute Gasteiger partial charge is 0.497 e. The summed E-state index contributed by atoms with van der Waals surface area (Å²) in [6.45, 7) is 0. The van der Waals surface area contributed by atoms with Gasteiger partial charge in [0.2, 0.25) is 11.0 Å². The Morgan fingerprint density at radius 2 is 1.88 bits per heavy atom. The molecule has 24 heavy (non-hydrogen) atoms. The van der Waals surface area contributed by atoms with Crippen molar-refractivity contribution in [3.63, 3.8) is 0 Å². The van der Waals surface area contributed by atoms with E-state index >= 15 is 0 Å². The minimum absolute atomic E-state index is 0.0803. The molecule has 0 spiro atoms. The van der Waals surface area contributed by atoms with Crippen LogP contribution in [-0.4, -0.2) is 28.2 Å². The van der Waals surface area contributed by atoms with Crippen molar-refractivity contribution in [2.24, 2.45) is 0 Å². The fourth-order valence-electron chi connectivity index (χ4n) is 2.12. The van der Waals surface area contributed by atoms with Crippen molar-refractivity contribution >= 4 is 22.4 Å². The highest BCUT2D eigenvalue weighted by Gasteiger charge is 2.09. The molecule has 0 radical (unpaired) electrons. The van der Waals surface area contributed by atoms with E-state index in [4.69, 9.17) is 4.74 Å². The van der Waals surface area contributed by atoms with Crippen LogP contribution in [0.4, 0.5) is 5.13 Å². The van der Waals surface area contributed by atoms with Gasteiger partial charge in [0.1, 0.15) is 10.8 Å². The Balaban J connectivity index is 1.54. The number of amides is 1. The van der Waals surface area contributed by atoms with Crippen molar-refractivity contribution < 1.29 is 9.53 Å². The Bertz CT molecular complexity index is 803. The predicted octanol–water partition coefficient (Wildman–Crippen LogP) is 3.18. The molecule has 6 nitrogen and oxygen atoms in total. The van der Waals surface area contributed by atoms with E-state index in [1.165, 1.54) is 11.3 Å². The minimum atomic E-state index is -0.0803. The van der Waals surface area contributed by atoms with Gasteiger partial charge in [-0.1, -0.05) is 23.5 Å². The standard InChI is InChI=1S/C17H16N4O2S/c1-23-14-5-2-12(3-6-14)4-7-15(22)19-17-21-20-16(24-17)13-8-10-18-11-9-13/h2-3,5-6,8-11H,4,7H2,1H3,(H,19,21,22). The molecular weight excluding hydrogens is 324 g/mol. The van der Waals surface area contributed by atoms with Gasteiger partial charge in [0.25, 0.3) is 0 Å². The number of rotatable bonds is 6. The molecule has 1 N–H and O–H groups in total. The van der Waals surface area contributed by atoms with Gasteiger partial charge in [-0.05, 0) is 36.2 Å². The Kier molecular flexibility index (Phi) is 5.12. The van der Waals surface area contributed by atoms with E-state index in [2.05, 4.69) is 20.5 Å². The number of hydrogen-bond acceptors (Lipinski definition) is 6. The monoisotopic (exact) mass is 340 g/mol. The lowest BCUT2D eigenvalue weighted by Crippen LogP contribution is -2.12. The van der Waals surface area contributed by atoms with Gasteiger partial charge in [0.05, 0.1) is 7.11 Å². The number of nitrogens with zero attached hydrogens (tertiary/aromatic N) is 3. The normalized spacial score (nSPS) is 10.4. The number of carbonyl (C=O) groups is 1. The second-order valence-electron chi connectivity index (χ2n) is 5.04. The summed E-state index contributed by atoms with van der Waals surface area (Å²) < 4.78 is 5.12. The van der Waals surface area contributed by atoms with Crippen LogP contribution in [0.1, 0.15) is 12.0 Å². The van der Waals surface area contributed by atoms with Crippen LogP contribution in [0.25, 0.3) is 10.6 Å². The van der Waals surface area contributed by atoms with E-state index in [-0.39, 0.29) is 5.91 Å². The fraction of sp³-hybridized carbons (Fsp3) is 0.176. The zero-order valence-corrected chi connectivity index (χ0v) is 13.9. The van der Waals surface area contributed by atoms with Gasteiger partial charge < -0.3 is 10.1 Å². The highest BCUT2D eigenvalue weighted by molar-refractivity contribution is 7.18. The number of aromatic nitrogens is 3. The summed E-state index contributed by atoms with van der Waals surface area (Å²) in [5.74, 6) is 0.726. The zero-order chi connectivity index (χ0) is 16.8. The average molecular weight is 340 g/mol. The van der Waals surface area contributed by atoms with Gasteiger partial charge in [-0.3, -0.25) is 9.78 Å². The molecule has 0 unspecified atom stereocenters. The smallest absolute Gasteiger partial charge is 0.226 e. The van der Waals surface area contributed by atoms with Crippen LogP contribution in [0.2, 0.25) is 0 Å². The molecule has 3 rings (SSSR count). The molecule has 0 aliphatic carbocycles. The third-order valence-electron chi connectivity index (χ3n) is 3.40. The quantitative estimate of drug-likeness (QED) is 0.746. The average Bonchev–Trinajstić information content (AvgIpc) is 3.09. The molecule has 2 heterocycles. The molecule has 0 saturated heterocycles. The summed E-state index contributed by atoms with van der Waals surface area (Å²) in [4.78, 5) is 16.0. The molecule has 7 heteroatoms. The van der Waals surface area contributed by atoms with Crippen molar-refractivity contribution in [3.05, 3.63) is 54.4 Å². The highest BCUT2D eigenvalue weighted by atomic mass is 32.1. The lowest BCUT2D eigenvalue weighted by molar-refractivity contribution is -0.116. The maximum Gasteiger partial charge on any atom is 0.226 e. The van der Waals surface area contributed by atoms with E-state index in [1.807, 2.05) is 36.4 Å². The summed E-state index contributed by atoms with van der Waals surface area (Å²) in [5.41, 5.74) is 2.02. The molecule has 0 saturated carbocycles. The number of methoxy groups -OCH3 is 1. The number of nitrogens with one attached hydrogen (secondary N) is 1. The fourth-order valence-corrected chi connectivity index (χ4v) is 2.88. The van der Waals surface area contributed by atoms with Gasteiger partial charge in [-0.15, -0.1) is 10.2 Å². The van der Waals surface area contributed by atoms with Crippen LogP contribution in [0.15, 0.2) is 48.8 Å². The highest BCUT2D eigenvalue weighted by Crippen LogP contribution is 2.25. The molecule has 3 aromatic rings. The SMILES string of the molecule is COc1ccc(CCC(=O)Nc2nnc(-c3ccncc3)s2)cc1. The summed E-state index contributed by atoms with van der Waals surface area (Å²) in [6.07, 6.45) is 4.44. The lowest BCUT2D eigenvalue weighted by Gasteiger charge is -2.03. The molecule has 0 aliphatic rings. The summed E-state index contributed by atoms with van der Waals surface area (Å²) in [7, 11) is 1.63. The molecule has 1 aromatic carbocycles. The van der Waals surface area contributed by atoms with Crippen LogP contribution in [-0.2, 0) is 11.2 Å². The topological polar surface area (TPSA) is 77.0 Å². The van der Waals surface area contributed by atoms with Crippen LogP contribution in [0.5, 0.6) is 5.75 Å². The first kappa shape index (κ1) is 16.1.